The number of rotatable bonds is 4. The molecule has 1 aromatic heterocycles. The number of hydrogen-bond acceptors (Lipinski definition) is 3. The molecule has 1 amide bonds. The number of nitrogens with one attached hydrogen (secondary N) is 1. The maximum Gasteiger partial charge on any atom is 0.268 e. The molecule has 1 atom stereocenters. The number of carbonyl (C=O) groups excluding carboxylic acids is 1. The van der Waals surface area contributed by atoms with Gasteiger partial charge in [-0.05, 0) is 56.1 Å². The van der Waals surface area contributed by atoms with Crippen LogP contribution in [-0.2, 0) is 17.1 Å². The van der Waals surface area contributed by atoms with Gasteiger partial charge in [0, 0.05) is 32.4 Å². The minimum atomic E-state index is -3.06. The Labute approximate surface area is 143 Å². The zero-order valence-corrected chi connectivity index (χ0v) is 14.9. The monoisotopic (exact) mass is 351 g/mol. The molecule has 7 heteroatoms. The number of hydrogen-bond donors (Lipinski definition) is 1. The molecular formula is C17H25N3O3S. The Balaban J connectivity index is 1.39. The SMILES string of the molecule is Cn1cccc1C(=O)NC1CCC12CCN(S(=O)(=O)C1CC1)CC2. The van der Waals surface area contributed by atoms with Crippen LogP contribution in [0.5, 0.6) is 0 Å². The lowest BCUT2D eigenvalue weighted by atomic mass is 9.59. The first-order valence-electron chi connectivity index (χ1n) is 8.84. The second-order valence-corrected chi connectivity index (χ2v) is 9.79. The zero-order chi connectivity index (χ0) is 16.9. The third-order valence-corrected chi connectivity index (χ3v) is 8.57. The molecule has 2 saturated carbocycles. The van der Waals surface area contributed by atoms with E-state index in [0.29, 0.717) is 18.8 Å². The van der Waals surface area contributed by atoms with Crippen LogP contribution in [0.1, 0.15) is 49.0 Å². The van der Waals surface area contributed by atoms with Crippen LogP contribution in [0, 0.1) is 5.41 Å². The molecule has 1 aromatic rings. The first-order valence-corrected chi connectivity index (χ1v) is 10.3. The molecule has 3 fully saturated rings. The van der Waals surface area contributed by atoms with Crippen molar-refractivity contribution in [2.24, 2.45) is 12.5 Å². The van der Waals surface area contributed by atoms with Crippen LogP contribution in [0.25, 0.3) is 0 Å². The van der Waals surface area contributed by atoms with Gasteiger partial charge in [-0.15, -0.1) is 0 Å². The molecule has 0 aromatic carbocycles. The summed E-state index contributed by atoms with van der Waals surface area (Å²) < 4.78 is 28.3. The topological polar surface area (TPSA) is 71.4 Å². The molecule has 2 aliphatic carbocycles. The number of piperidine rings is 1. The molecule has 1 spiro atoms. The highest BCUT2D eigenvalue weighted by atomic mass is 32.2. The number of carbonyl (C=O) groups is 1. The van der Waals surface area contributed by atoms with Crippen molar-refractivity contribution in [3.05, 3.63) is 24.0 Å². The quantitative estimate of drug-likeness (QED) is 0.893. The molecule has 1 saturated heterocycles. The smallest absolute Gasteiger partial charge is 0.268 e. The van der Waals surface area contributed by atoms with Gasteiger partial charge in [-0.3, -0.25) is 4.79 Å². The molecule has 1 N–H and O–H groups in total. The summed E-state index contributed by atoms with van der Waals surface area (Å²) in [5.41, 5.74) is 0.766. The van der Waals surface area contributed by atoms with E-state index in [2.05, 4.69) is 5.32 Å². The summed E-state index contributed by atoms with van der Waals surface area (Å²) in [5.74, 6) is -0.0281. The summed E-state index contributed by atoms with van der Waals surface area (Å²) in [5, 5.41) is 3.06. The van der Waals surface area contributed by atoms with Crippen molar-refractivity contribution in [2.75, 3.05) is 13.1 Å². The maximum absolute atomic E-state index is 12.4. The van der Waals surface area contributed by atoms with E-state index in [-0.39, 0.29) is 22.6 Å². The van der Waals surface area contributed by atoms with E-state index >= 15 is 0 Å². The van der Waals surface area contributed by atoms with Gasteiger partial charge in [-0.2, -0.15) is 0 Å². The van der Waals surface area contributed by atoms with Gasteiger partial charge in [-0.1, -0.05) is 0 Å². The Bertz CT molecular complexity index is 743. The number of aryl methyl sites for hydroxylation is 1. The Kier molecular flexibility index (Phi) is 3.76. The second-order valence-electron chi connectivity index (χ2n) is 7.57. The van der Waals surface area contributed by atoms with E-state index < -0.39 is 10.0 Å². The van der Waals surface area contributed by atoms with Gasteiger partial charge < -0.3 is 9.88 Å². The number of sulfonamides is 1. The summed E-state index contributed by atoms with van der Waals surface area (Å²) in [6, 6.07) is 3.86. The maximum atomic E-state index is 12.4. The van der Waals surface area contributed by atoms with E-state index in [1.807, 2.05) is 29.9 Å². The van der Waals surface area contributed by atoms with Crippen LogP contribution in [0.15, 0.2) is 18.3 Å². The number of aromatic nitrogens is 1. The van der Waals surface area contributed by atoms with Crippen LogP contribution in [0.4, 0.5) is 0 Å². The lowest BCUT2D eigenvalue weighted by Gasteiger charge is -2.53. The van der Waals surface area contributed by atoms with E-state index in [4.69, 9.17) is 0 Å². The minimum absolute atomic E-state index is 0.0281. The summed E-state index contributed by atoms with van der Waals surface area (Å²) in [6.45, 7) is 1.21. The summed E-state index contributed by atoms with van der Waals surface area (Å²) >= 11 is 0. The predicted octanol–water partition coefficient (Wildman–Crippen LogP) is 1.49. The molecule has 2 heterocycles. The van der Waals surface area contributed by atoms with Crippen molar-refractivity contribution in [1.29, 1.82) is 0 Å². The highest BCUT2D eigenvalue weighted by Gasteiger charge is 2.51. The van der Waals surface area contributed by atoms with Crippen molar-refractivity contribution in [2.45, 2.75) is 49.8 Å². The average molecular weight is 351 g/mol. The zero-order valence-electron chi connectivity index (χ0n) is 14.1. The largest absolute Gasteiger partial charge is 0.347 e. The van der Waals surface area contributed by atoms with Crippen molar-refractivity contribution < 1.29 is 13.2 Å². The summed E-state index contributed by atoms with van der Waals surface area (Å²) in [4.78, 5) is 12.4. The molecule has 1 unspecified atom stereocenters. The second kappa shape index (κ2) is 5.59. The Morgan fingerprint density at radius 3 is 2.42 bits per heavy atom. The van der Waals surface area contributed by atoms with Crippen LogP contribution in [0.3, 0.4) is 0 Å². The van der Waals surface area contributed by atoms with Gasteiger partial charge in [0.1, 0.15) is 5.69 Å². The molecule has 3 aliphatic rings. The fourth-order valence-corrected chi connectivity index (χ4v) is 6.06. The standard InChI is InChI=1S/C17H25N3O3S/c1-19-10-2-3-14(19)16(21)18-15-6-7-17(15)8-11-20(12-9-17)24(22,23)13-4-5-13/h2-3,10,13,15H,4-9,11-12H2,1H3,(H,18,21). The Hall–Kier alpha value is -1.34. The van der Waals surface area contributed by atoms with E-state index in [9.17, 15) is 13.2 Å². The molecule has 132 valence electrons. The van der Waals surface area contributed by atoms with Gasteiger partial charge in [0.05, 0.1) is 5.25 Å². The van der Waals surface area contributed by atoms with Gasteiger partial charge in [0.2, 0.25) is 10.0 Å². The third-order valence-electron chi connectivity index (χ3n) is 6.18. The van der Waals surface area contributed by atoms with Crippen LogP contribution in [0.2, 0.25) is 0 Å². The molecule has 1 aliphatic heterocycles. The molecule has 6 nitrogen and oxygen atoms in total. The van der Waals surface area contributed by atoms with Gasteiger partial charge in [0.25, 0.3) is 5.91 Å². The lowest BCUT2D eigenvalue weighted by molar-refractivity contribution is 0.0124. The number of nitrogens with zero attached hydrogens (tertiary/aromatic N) is 2. The van der Waals surface area contributed by atoms with Crippen molar-refractivity contribution in [1.82, 2.24) is 14.2 Å². The third kappa shape index (κ3) is 2.58. The van der Waals surface area contributed by atoms with Crippen molar-refractivity contribution in [3.8, 4) is 0 Å². The normalized spacial score (nSPS) is 27.0. The summed E-state index contributed by atoms with van der Waals surface area (Å²) in [6.07, 6.45) is 7.30. The fraction of sp³-hybridized carbons (Fsp3) is 0.706. The molecular weight excluding hydrogens is 326 g/mol. The van der Waals surface area contributed by atoms with E-state index in [1.54, 1.807) is 4.31 Å². The van der Waals surface area contributed by atoms with Crippen LogP contribution < -0.4 is 5.32 Å². The van der Waals surface area contributed by atoms with Crippen molar-refractivity contribution in [3.63, 3.8) is 0 Å². The first-order chi connectivity index (χ1) is 11.4. The minimum Gasteiger partial charge on any atom is -0.347 e. The van der Waals surface area contributed by atoms with E-state index in [0.717, 1.165) is 38.5 Å². The molecule has 24 heavy (non-hydrogen) atoms. The predicted molar refractivity (Wildman–Crippen MR) is 91.1 cm³/mol. The Morgan fingerprint density at radius 1 is 1.21 bits per heavy atom. The molecule has 0 radical (unpaired) electrons. The van der Waals surface area contributed by atoms with Gasteiger partial charge in [0.15, 0.2) is 0 Å². The Morgan fingerprint density at radius 2 is 1.92 bits per heavy atom. The summed E-state index contributed by atoms with van der Waals surface area (Å²) in [7, 11) is -1.19. The van der Waals surface area contributed by atoms with E-state index in [1.165, 1.54) is 0 Å². The highest BCUT2D eigenvalue weighted by molar-refractivity contribution is 7.90. The van der Waals surface area contributed by atoms with Gasteiger partial charge >= 0.3 is 0 Å². The van der Waals surface area contributed by atoms with Crippen LogP contribution in [-0.4, -0.2) is 47.6 Å². The van der Waals surface area contributed by atoms with Gasteiger partial charge in [-0.25, -0.2) is 12.7 Å². The fourth-order valence-electron chi connectivity index (χ4n) is 4.21. The van der Waals surface area contributed by atoms with Crippen molar-refractivity contribution >= 4 is 15.9 Å². The molecule has 4 rings (SSSR count). The first kappa shape index (κ1) is 16.1. The highest BCUT2D eigenvalue weighted by Crippen LogP contribution is 2.50. The lowest BCUT2D eigenvalue weighted by Crippen LogP contribution is -2.59. The number of amides is 1. The van der Waals surface area contributed by atoms with Crippen LogP contribution >= 0.6 is 0 Å². The average Bonchev–Trinajstić information content (AvgIpc) is 3.34. The molecule has 0 bridgehead atoms.